The first-order valence-electron chi connectivity index (χ1n) is 5.12. The van der Waals surface area contributed by atoms with E-state index in [1.54, 1.807) is 11.8 Å². The quantitative estimate of drug-likeness (QED) is 0.800. The van der Waals surface area contributed by atoms with Gasteiger partial charge in [0.25, 0.3) is 0 Å². The van der Waals surface area contributed by atoms with E-state index in [1.165, 1.54) is 5.56 Å². The molecule has 15 heavy (non-hydrogen) atoms. The number of rotatable bonds is 6. The molecule has 0 radical (unpaired) electrons. The molecule has 0 bridgehead atoms. The van der Waals surface area contributed by atoms with E-state index in [-0.39, 0.29) is 5.91 Å². The van der Waals surface area contributed by atoms with Crippen LogP contribution in [0, 0.1) is 0 Å². The highest BCUT2D eigenvalue weighted by Crippen LogP contribution is 1.99. The van der Waals surface area contributed by atoms with E-state index in [4.69, 9.17) is 0 Å². The van der Waals surface area contributed by atoms with Crippen LogP contribution in [0.4, 0.5) is 0 Å². The lowest BCUT2D eigenvalue weighted by molar-refractivity contribution is -0.120. The van der Waals surface area contributed by atoms with Gasteiger partial charge in [0.15, 0.2) is 0 Å². The van der Waals surface area contributed by atoms with Gasteiger partial charge in [-0.3, -0.25) is 4.79 Å². The minimum atomic E-state index is 0.153. The van der Waals surface area contributed by atoms with Crippen molar-refractivity contribution in [2.24, 2.45) is 0 Å². The van der Waals surface area contributed by atoms with E-state index in [0.29, 0.717) is 6.42 Å². The van der Waals surface area contributed by atoms with Crippen LogP contribution in [0.5, 0.6) is 0 Å². The SMILES string of the molecule is CSCCC(=O)NCCc1ccccc1. The second-order valence-corrected chi connectivity index (χ2v) is 4.31. The molecule has 0 aliphatic carbocycles. The van der Waals surface area contributed by atoms with Crippen molar-refractivity contribution in [1.29, 1.82) is 0 Å². The summed E-state index contributed by atoms with van der Waals surface area (Å²) in [5.74, 6) is 1.05. The van der Waals surface area contributed by atoms with E-state index in [2.05, 4.69) is 17.4 Å². The fourth-order valence-electron chi connectivity index (χ4n) is 1.27. The molecule has 0 aliphatic rings. The fraction of sp³-hybridized carbons (Fsp3) is 0.417. The first-order valence-corrected chi connectivity index (χ1v) is 6.52. The van der Waals surface area contributed by atoms with Gasteiger partial charge in [0.1, 0.15) is 0 Å². The standard InChI is InChI=1S/C12H17NOS/c1-15-10-8-12(14)13-9-7-11-5-3-2-4-6-11/h2-6H,7-10H2,1H3,(H,13,14). The van der Waals surface area contributed by atoms with Crippen molar-refractivity contribution in [3.8, 4) is 0 Å². The molecule has 1 aromatic rings. The van der Waals surface area contributed by atoms with Crippen LogP contribution in [-0.2, 0) is 11.2 Å². The molecule has 1 aromatic carbocycles. The van der Waals surface area contributed by atoms with Crippen LogP contribution in [0.3, 0.4) is 0 Å². The Labute approximate surface area is 95.5 Å². The van der Waals surface area contributed by atoms with Gasteiger partial charge in [-0.15, -0.1) is 0 Å². The van der Waals surface area contributed by atoms with Gasteiger partial charge < -0.3 is 5.32 Å². The van der Waals surface area contributed by atoms with Crippen molar-refractivity contribution < 1.29 is 4.79 Å². The lowest BCUT2D eigenvalue weighted by Gasteiger charge is -2.04. The summed E-state index contributed by atoms with van der Waals surface area (Å²) in [6.07, 6.45) is 3.54. The summed E-state index contributed by atoms with van der Waals surface area (Å²) in [5, 5.41) is 2.91. The lowest BCUT2D eigenvalue weighted by Crippen LogP contribution is -2.25. The molecular weight excluding hydrogens is 206 g/mol. The minimum absolute atomic E-state index is 0.153. The summed E-state index contributed by atoms with van der Waals surface area (Å²) in [6, 6.07) is 10.2. The Balaban J connectivity index is 2.14. The number of hydrogen-bond donors (Lipinski definition) is 1. The molecule has 0 heterocycles. The van der Waals surface area contributed by atoms with E-state index in [9.17, 15) is 4.79 Å². The zero-order chi connectivity index (χ0) is 10.9. The van der Waals surface area contributed by atoms with E-state index >= 15 is 0 Å². The van der Waals surface area contributed by atoms with Crippen molar-refractivity contribution in [2.45, 2.75) is 12.8 Å². The van der Waals surface area contributed by atoms with Gasteiger partial charge in [-0.05, 0) is 18.2 Å². The molecule has 0 saturated carbocycles. The monoisotopic (exact) mass is 223 g/mol. The first-order chi connectivity index (χ1) is 7.33. The molecule has 1 amide bonds. The number of thioether (sulfide) groups is 1. The van der Waals surface area contributed by atoms with Crippen LogP contribution in [0.2, 0.25) is 0 Å². The number of carbonyl (C=O) groups excluding carboxylic acids is 1. The molecule has 1 rings (SSSR count). The summed E-state index contributed by atoms with van der Waals surface area (Å²) >= 11 is 1.70. The fourth-order valence-corrected chi connectivity index (χ4v) is 1.66. The van der Waals surface area contributed by atoms with Crippen molar-refractivity contribution in [1.82, 2.24) is 5.32 Å². The zero-order valence-electron chi connectivity index (χ0n) is 9.03. The van der Waals surface area contributed by atoms with Crippen LogP contribution >= 0.6 is 11.8 Å². The van der Waals surface area contributed by atoms with Crippen LogP contribution in [0.15, 0.2) is 30.3 Å². The number of nitrogens with one attached hydrogen (secondary N) is 1. The van der Waals surface area contributed by atoms with Crippen LogP contribution in [0.1, 0.15) is 12.0 Å². The molecule has 0 saturated heterocycles. The van der Waals surface area contributed by atoms with Gasteiger partial charge in [-0.2, -0.15) is 11.8 Å². The lowest BCUT2D eigenvalue weighted by atomic mass is 10.1. The second kappa shape index (κ2) is 7.35. The summed E-state index contributed by atoms with van der Waals surface area (Å²) in [7, 11) is 0. The van der Waals surface area contributed by atoms with Crippen LogP contribution < -0.4 is 5.32 Å². The summed E-state index contributed by atoms with van der Waals surface area (Å²) in [5.41, 5.74) is 1.27. The van der Waals surface area contributed by atoms with Gasteiger partial charge in [-0.1, -0.05) is 30.3 Å². The molecule has 2 nitrogen and oxygen atoms in total. The molecule has 0 spiro atoms. The second-order valence-electron chi connectivity index (χ2n) is 3.33. The highest BCUT2D eigenvalue weighted by molar-refractivity contribution is 7.98. The molecule has 82 valence electrons. The topological polar surface area (TPSA) is 29.1 Å². The normalized spacial score (nSPS) is 9.93. The average molecular weight is 223 g/mol. The molecule has 0 aliphatic heterocycles. The van der Waals surface area contributed by atoms with Gasteiger partial charge >= 0.3 is 0 Å². The maximum Gasteiger partial charge on any atom is 0.220 e. The van der Waals surface area contributed by atoms with E-state index < -0.39 is 0 Å². The third kappa shape index (κ3) is 5.47. The Hall–Kier alpha value is -0.960. The molecule has 3 heteroatoms. The molecule has 1 N–H and O–H groups in total. The molecule has 0 aromatic heterocycles. The third-order valence-corrected chi connectivity index (χ3v) is 2.72. The van der Waals surface area contributed by atoms with E-state index in [0.717, 1.165) is 18.7 Å². The van der Waals surface area contributed by atoms with Gasteiger partial charge in [-0.25, -0.2) is 0 Å². The van der Waals surface area contributed by atoms with Crippen molar-refractivity contribution in [2.75, 3.05) is 18.6 Å². The van der Waals surface area contributed by atoms with Gasteiger partial charge in [0.2, 0.25) is 5.91 Å². The smallest absolute Gasteiger partial charge is 0.220 e. The highest BCUT2D eigenvalue weighted by Gasteiger charge is 1.99. The maximum atomic E-state index is 11.3. The summed E-state index contributed by atoms with van der Waals surface area (Å²) < 4.78 is 0. The Bertz CT molecular complexity index is 287. The number of benzene rings is 1. The summed E-state index contributed by atoms with van der Waals surface area (Å²) in [6.45, 7) is 0.733. The van der Waals surface area contributed by atoms with Crippen LogP contribution in [-0.4, -0.2) is 24.5 Å². The summed E-state index contributed by atoms with van der Waals surface area (Å²) in [4.78, 5) is 11.3. The minimum Gasteiger partial charge on any atom is -0.356 e. The molecule has 0 atom stereocenters. The first kappa shape index (κ1) is 12.1. The zero-order valence-corrected chi connectivity index (χ0v) is 9.85. The largest absolute Gasteiger partial charge is 0.356 e. The Kier molecular flexibility index (Phi) is 5.93. The number of amides is 1. The predicted octanol–water partition coefficient (Wildman–Crippen LogP) is 2.10. The Morgan fingerprint density at radius 1 is 1.33 bits per heavy atom. The average Bonchev–Trinajstić information content (AvgIpc) is 2.28. The maximum absolute atomic E-state index is 11.3. The van der Waals surface area contributed by atoms with Crippen LogP contribution in [0.25, 0.3) is 0 Å². The van der Waals surface area contributed by atoms with Crippen molar-refractivity contribution >= 4 is 17.7 Å². The van der Waals surface area contributed by atoms with Gasteiger partial charge in [0.05, 0.1) is 0 Å². The third-order valence-electron chi connectivity index (χ3n) is 2.11. The van der Waals surface area contributed by atoms with Crippen molar-refractivity contribution in [3.05, 3.63) is 35.9 Å². The number of hydrogen-bond acceptors (Lipinski definition) is 2. The molecular formula is C12H17NOS. The molecule has 0 unspecified atom stereocenters. The Morgan fingerprint density at radius 2 is 2.07 bits per heavy atom. The van der Waals surface area contributed by atoms with Crippen molar-refractivity contribution in [3.63, 3.8) is 0 Å². The highest BCUT2D eigenvalue weighted by atomic mass is 32.2. The number of carbonyl (C=O) groups is 1. The van der Waals surface area contributed by atoms with E-state index in [1.807, 2.05) is 24.5 Å². The Morgan fingerprint density at radius 3 is 2.73 bits per heavy atom. The van der Waals surface area contributed by atoms with Gasteiger partial charge in [0, 0.05) is 18.7 Å². The molecule has 0 fully saturated rings. The predicted molar refractivity (Wildman–Crippen MR) is 66.2 cm³/mol.